The molecule has 0 spiro atoms. The second kappa shape index (κ2) is 7.27. The van der Waals surface area contributed by atoms with E-state index in [4.69, 9.17) is 4.74 Å². The van der Waals surface area contributed by atoms with Crippen LogP contribution in [0.2, 0.25) is 0 Å². The minimum absolute atomic E-state index is 0.0437. The van der Waals surface area contributed by atoms with Crippen molar-refractivity contribution in [2.24, 2.45) is 11.3 Å². The Bertz CT molecular complexity index is 316. The van der Waals surface area contributed by atoms with Gasteiger partial charge in [-0.3, -0.25) is 0 Å². The fraction of sp³-hybridized carbons (Fsp3) is 0.933. The van der Waals surface area contributed by atoms with Crippen LogP contribution in [0.3, 0.4) is 0 Å². The number of carbonyl (C=O) groups is 1. The fourth-order valence-electron chi connectivity index (χ4n) is 2.40. The highest BCUT2D eigenvalue weighted by molar-refractivity contribution is 5.73. The van der Waals surface area contributed by atoms with Crippen molar-refractivity contribution in [3.63, 3.8) is 0 Å². The zero-order valence-electron chi connectivity index (χ0n) is 13.8. The van der Waals surface area contributed by atoms with Gasteiger partial charge in [0.05, 0.1) is 6.10 Å². The summed E-state index contributed by atoms with van der Waals surface area (Å²) in [6.45, 7) is 11.1. The maximum Gasteiger partial charge on any atom is 0.316 e. The molecule has 0 saturated heterocycles. The third-order valence-electron chi connectivity index (χ3n) is 4.01. The molecule has 0 aromatic rings. The summed E-state index contributed by atoms with van der Waals surface area (Å²) in [7, 11) is 3.49. The number of urea groups is 1. The Morgan fingerprint density at radius 2 is 2.00 bits per heavy atom. The molecule has 1 aliphatic rings. The average Bonchev–Trinajstić information content (AvgIpc) is 2.35. The van der Waals surface area contributed by atoms with E-state index >= 15 is 0 Å². The van der Waals surface area contributed by atoms with E-state index in [2.05, 4.69) is 38.3 Å². The van der Waals surface area contributed by atoms with Crippen LogP contribution in [0, 0.1) is 11.3 Å². The van der Waals surface area contributed by atoms with Crippen molar-refractivity contribution in [2.75, 3.05) is 33.8 Å². The highest BCUT2D eigenvalue weighted by atomic mass is 16.5. The van der Waals surface area contributed by atoms with Crippen molar-refractivity contribution in [1.82, 2.24) is 15.5 Å². The van der Waals surface area contributed by atoms with Crippen molar-refractivity contribution in [1.29, 1.82) is 0 Å². The molecule has 1 aliphatic carbocycles. The number of hydrogen-bond acceptors (Lipinski definition) is 3. The van der Waals surface area contributed by atoms with E-state index in [1.807, 2.05) is 0 Å². The number of rotatable bonds is 7. The van der Waals surface area contributed by atoms with E-state index in [0.29, 0.717) is 24.6 Å². The molecule has 0 heterocycles. The van der Waals surface area contributed by atoms with E-state index in [-0.39, 0.29) is 11.4 Å². The first-order valence-corrected chi connectivity index (χ1v) is 7.55. The first-order valence-electron chi connectivity index (χ1n) is 7.55. The first kappa shape index (κ1) is 17.2. The number of nitrogens with one attached hydrogen (secondary N) is 2. The number of nitrogens with zero attached hydrogens (tertiary/aromatic N) is 1. The smallest absolute Gasteiger partial charge is 0.316 e. The lowest BCUT2D eigenvalue weighted by atomic mass is 9.64. The van der Waals surface area contributed by atoms with Gasteiger partial charge in [-0.25, -0.2) is 4.79 Å². The maximum absolute atomic E-state index is 11.4. The summed E-state index contributed by atoms with van der Waals surface area (Å²) in [4.78, 5) is 12.9. The zero-order valence-corrected chi connectivity index (χ0v) is 13.8. The lowest BCUT2D eigenvalue weighted by Gasteiger charge is -2.52. The molecule has 2 unspecified atom stereocenters. The van der Waals surface area contributed by atoms with E-state index in [9.17, 15) is 4.79 Å². The topological polar surface area (TPSA) is 53.6 Å². The van der Waals surface area contributed by atoms with Crippen LogP contribution < -0.4 is 10.6 Å². The Hall–Kier alpha value is -0.810. The molecule has 1 fully saturated rings. The molecule has 0 radical (unpaired) electrons. The van der Waals surface area contributed by atoms with Gasteiger partial charge >= 0.3 is 6.03 Å². The van der Waals surface area contributed by atoms with E-state index in [0.717, 1.165) is 19.6 Å². The Labute approximate surface area is 123 Å². The monoisotopic (exact) mass is 285 g/mol. The Morgan fingerprint density at radius 1 is 1.35 bits per heavy atom. The van der Waals surface area contributed by atoms with Crippen LogP contribution in [0.15, 0.2) is 0 Å². The molecule has 1 rings (SSSR count). The highest BCUT2D eigenvalue weighted by Gasteiger charge is 2.48. The number of carbonyl (C=O) groups excluding carboxylic acids is 1. The van der Waals surface area contributed by atoms with Gasteiger partial charge < -0.3 is 20.3 Å². The van der Waals surface area contributed by atoms with E-state index in [1.165, 1.54) is 0 Å². The van der Waals surface area contributed by atoms with Gasteiger partial charge in [-0.1, -0.05) is 27.7 Å². The summed E-state index contributed by atoms with van der Waals surface area (Å²) in [6, 6.07) is 0.425. The van der Waals surface area contributed by atoms with Crippen LogP contribution in [0.1, 0.15) is 34.1 Å². The third-order valence-corrected chi connectivity index (χ3v) is 4.01. The largest absolute Gasteiger partial charge is 0.377 e. The van der Waals surface area contributed by atoms with Gasteiger partial charge in [0.2, 0.25) is 0 Å². The second-order valence-electron chi connectivity index (χ2n) is 6.91. The molecule has 0 aromatic carbocycles. The fourth-order valence-corrected chi connectivity index (χ4v) is 2.40. The zero-order chi connectivity index (χ0) is 15.3. The van der Waals surface area contributed by atoms with Crippen molar-refractivity contribution < 1.29 is 9.53 Å². The molecule has 118 valence electrons. The summed E-state index contributed by atoms with van der Waals surface area (Å²) in [6.07, 6.45) is 1.40. The third kappa shape index (κ3) is 4.63. The molecule has 20 heavy (non-hydrogen) atoms. The van der Waals surface area contributed by atoms with Gasteiger partial charge in [0, 0.05) is 45.2 Å². The average molecular weight is 285 g/mol. The predicted octanol–water partition coefficient (Wildman–Crippen LogP) is 1.69. The summed E-state index contributed by atoms with van der Waals surface area (Å²) in [5.41, 5.74) is 0.167. The number of hydrogen-bond donors (Lipinski definition) is 2. The molecule has 0 bridgehead atoms. The van der Waals surface area contributed by atoms with Crippen molar-refractivity contribution in [3.8, 4) is 0 Å². The number of ether oxygens (including phenoxy) is 1. The lowest BCUT2D eigenvalue weighted by molar-refractivity contribution is -0.123. The molecule has 2 atom stereocenters. The summed E-state index contributed by atoms with van der Waals surface area (Å²) in [5, 5.41) is 6.37. The van der Waals surface area contributed by atoms with Crippen molar-refractivity contribution >= 4 is 6.03 Å². The van der Waals surface area contributed by atoms with E-state index in [1.54, 1.807) is 19.0 Å². The van der Waals surface area contributed by atoms with Gasteiger partial charge in [0.1, 0.15) is 0 Å². The van der Waals surface area contributed by atoms with Crippen LogP contribution in [-0.4, -0.2) is 56.9 Å². The van der Waals surface area contributed by atoms with Gasteiger partial charge in [-0.05, 0) is 12.3 Å². The van der Waals surface area contributed by atoms with Crippen LogP contribution in [0.25, 0.3) is 0 Å². The minimum Gasteiger partial charge on any atom is -0.377 e. The molecule has 0 aliphatic heterocycles. The first-order chi connectivity index (χ1) is 9.25. The van der Waals surface area contributed by atoms with Crippen LogP contribution >= 0.6 is 0 Å². The standard InChI is InChI=1S/C15H31N3O2/c1-11(2)10-20-13-9-12(15(13,3)4)16-7-8-17-14(19)18(5)6/h11-13,16H,7-10H2,1-6H3,(H,17,19). The predicted molar refractivity (Wildman–Crippen MR) is 81.9 cm³/mol. The summed E-state index contributed by atoms with van der Waals surface area (Å²) in [5.74, 6) is 0.582. The molecule has 0 aromatic heterocycles. The molecular formula is C15H31N3O2. The summed E-state index contributed by atoms with van der Waals surface area (Å²) < 4.78 is 5.94. The van der Waals surface area contributed by atoms with Crippen LogP contribution in [-0.2, 0) is 4.74 Å². The maximum atomic E-state index is 11.4. The molecule has 5 heteroatoms. The van der Waals surface area contributed by atoms with Gasteiger partial charge in [-0.15, -0.1) is 0 Å². The molecule has 5 nitrogen and oxygen atoms in total. The molecule has 1 saturated carbocycles. The normalized spacial score (nSPS) is 24.4. The van der Waals surface area contributed by atoms with Gasteiger partial charge in [-0.2, -0.15) is 0 Å². The van der Waals surface area contributed by atoms with Gasteiger partial charge in [0.25, 0.3) is 0 Å². The van der Waals surface area contributed by atoms with Crippen molar-refractivity contribution in [2.45, 2.75) is 46.3 Å². The molecule has 2 amide bonds. The molecule has 2 N–H and O–H groups in total. The second-order valence-corrected chi connectivity index (χ2v) is 6.91. The molecular weight excluding hydrogens is 254 g/mol. The van der Waals surface area contributed by atoms with E-state index < -0.39 is 0 Å². The lowest BCUT2D eigenvalue weighted by Crippen LogP contribution is -2.61. The Kier molecular flexibility index (Phi) is 6.27. The Balaban J connectivity index is 2.19. The van der Waals surface area contributed by atoms with Crippen LogP contribution in [0.5, 0.6) is 0 Å². The minimum atomic E-state index is -0.0437. The van der Waals surface area contributed by atoms with Gasteiger partial charge in [0.15, 0.2) is 0 Å². The highest BCUT2D eigenvalue weighted by Crippen LogP contribution is 2.42. The summed E-state index contributed by atoms with van der Waals surface area (Å²) >= 11 is 0. The Morgan fingerprint density at radius 3 is 2.50 bits per heavy atom. The van der Waals surface area contributed by atoms with Crippen LogP contribution in [0.4, 0.5) is 4.79 Å². The number of amides is 2. The van der Waals surface area contributed by atoms with Crippen molar-refractivity contribution in [3.05, 3.63) is 0 Å². The SMILES string of the molecule is CC(C)COC1CC(NCCNC(=O)N(C)C)C1(C)C. The quantitative estimate of drug-likeness (QED) is 0.700.